The minimum Gasteiger partial charge on any atom is -0.434 e. The third kappa shape index (κ3) is 4.23. The van der Waals surface area contributed by atoms with Crippen molar-refractivity contribution in [1.29, 1.82) is 0 Å². The van der Waals surface area contributed by atoms with Crippen LogP contribution in [0.15, 0.2) is 12.1 Å². The average molecular weight is 259 g/mol. The molecule has 5 heteroatoms. The second kappa shape index (κ2) is 6.66. The SMILES string of the molecule is Cc1cc(CN[C@H](C)CO)cc(C)c1OC(F)F. The Bertz CT molecular complexity index is 374. The number of halogens is 2. The summed E-state index contributed by atoms with van der Waals surface area (Å²) in [6.45, 7) is 3.19. The second-order valence-corrected chi connectivity index (χ2v) is 4.40. The lowest BCUT2D eigenvalue weighted by molar-refractivity contribution is -0.0507. The summed E-state index contributed by atoms with van der Waals surface area (Å²) < 4.78 is 28.9. The molecule has 1 atom stereocenters. The molecule has 1 aromatic carbocycles. The first-order valence-corrected chi connectivity index (χ1v) is 5.83. The van der Waals surface area contributed by atoms with Crippen LogP contribution in [0.25, 0.3) is 0 Å². The lowest BCUT2D eigenvalue weighted by Crippen LogP contribution is -2.28. The number of hydrogen-bond acceptors (Lipinski definition) is 3. The number of ether oxygens (including phenoxy) is 1. The van der Waals surface area contributed by atoms with Crippen molar-refractivity contribution in [2.24, 2.45) is 0 Å². The van der Waals surface area contributed by atoms with E-state index in [4.69, 9.17) is 5.11 Å². The molecule has 0 aliphatic heterocycles. The van der Waals surface area contributed by atoms with E-state index in [1.165, 1.54) is 0 Å². The minimum atomic E-state index is -2.80. The molecule has 2 N–H and O–H groups in total. The Balaban J connectivity index is 2.79. The predicted molar refractivity (Wildman–Crippen MR) is 65.9 cm³/mol. The number of alkyl halides is 2. The van der Waals surface area contributed by atoms with Crippen LogP contribution in [0.5, 0.6) is 5.75 Å². The van der Waals surface area contributed by atoms with Crippen LogP contribution in [0.3, 0.4) is 0 Å². The molecule has 0 saturated heterocycles. The van der Waals surface area contributed by atoms with Gasteiger partial charge in [-0.05, 0) is 37.5 Å². The fourth-order valence-electron chi connectivity index (χ4n) is 1.77. The maximum atomic E-state index is 12.2. The Labute approximate surface area is 106 Å². The zero-order valence-electron chi connectivity index (χ0n) is 10.8. The highest BCUT2D eigenvalue weighted by molar-refractivity contribution is 5.43. The van der Waals surface area contributed by atoms with Gasteiger partial charge in [-0.2, -0.15) is 8.78 Å². The van der Waals surface area contributed by atoms with E-state index in [2.05, 4.69) is 10.1 Å². The maximum absolute atomic E-state index is 12.2. The second-order valence-electron chi connectivity index (χ2n) is 4.40. The summed E-state index contributed by atoms with van der Waals surface area (Å²) in [5.74, 6) is 0.240. The van der Waals surface area contributed by atoms with Gasteiger partial charge in [-0.3, -0.25) is 0 Å². The summed E-state index contributed by atoms with van der Waals surface area (Å²) in [5.41, 5.74) is 2.35. The molecule has 0 aromatic heterocycles. The van der Waals surface area contributed by atoms with Crippen molar-refractivity contribution in [3.05, 3.63) is 28.8 Å². The van der Waals surface area contributed by atoms with Gasteiger partial charge in [0.05, 0.1) is 6.61 Å². The van der Waals surface area contributed by atoms with E-state index in [1.807, 2.05) is 19.1 Å². The lowest BCUT2D eigenvalue weighted by Gasteiger charge is -2.15. The molecular formula is C13H19F2NO2. The fourth-order valence-corrected chi connectivity index (χ4v) is 1.77. The molecule has 0 radical (unpaired) electrons. The van der Waals surface area contributed by atoms with Crippen LogP contribution < -0.4 is 10.1 Å². The average Bonchev–Trinajstić information content (AvgIpc) is 2.30. The van der Waals surface area contributed by atoms with E-state index in [0.717, 1.165) is 5.56 Å². The molecule has 0 aliphatic rings. The monoisotopic (exact) mass is 259 g/mol. The maximum Gasteiger partial charge on any atom is 0.387 e. The number of benzene rings is 1. The van der Waals surface area contributed by atoms with E-state index in [-0.39, 0.29) is 18.4 Å². The molecule has 0 fully saturated rings. The molecule has 1 aromatic rings. The van der Waals surface area contributed by atoms with E-state index < -0.39 is 6.61 Å². The van der Waals surface area contributed by atoms with Gasteiger partial charge in [-0.1, -0.05) is 12.1 Å². The highest BCUT2D eigenvalue weighted by atomic mass is 19.3. The summed E-state index contributed by atoms with van der Waals surface area (Å²) in [6.07, 6.45) is 0. The molecular weight excluding hydrogens is 240 g/mol. The van der Waals surface area contributed by atoms with Crippen molar-refractivity contribution in [1.82, 2.24) is 5.32 Å². The van der Waals surface area contributed by atoms with Gasteiger partial charge in [0.25, 0.3) is 0 Å². The molecule has 0 spiro atoms. The van der Waals surface area contributed by atoms with Crippen molar-refractivity contribution in [2.45, 2.75) is 40.0 Å². The number of rotatable bonds is 6. The number of aliphatic hydroxyl groups is 1. The van der Waals surface area contributed by atoms with Gasteiger partial charge in [-0.25, -0.2) is 0 Å². The smallest absolute Gasteiger partial charge is 0.387 e. The first-order valence-electron chi connectivity index (χ1n) is 5.83. The summed E-state index contributed by atoms with van der Waals surface area (Å²) in [6, 6.07) is 3.62. The Hall–Kier alpha value is -1.20. The lowest BCUT2D eigenvalue weighted by atomic mass is 10.1. The third-order valence-electron chi connectivity index (χ3n) is 2.66. The molecule has 0 bridgehead atoms. The summed E-state index contributed by atoms with van der Waals surface area (Å²) in [5, 5.41) is 12.0. The Morgan fingerprint density at radius 2 is 1.83 bits per heavy atom. The number of aliphatic hydroxyl groups excluding tert-OH is 1. The number of aryl methyl sites for hydroxylation is 2. The zero-order chi connectivity index (χ0) is 13.7. The van der Waals surface area contributed by atoms with E-state index in [9.17, 15) is 8.78 Å². The van der Waals surface area contributed by atoms with Crippen LogP contribution in [0.1, 0.15) is 23.6 Å². The van der Waals surface area contributed by atoms with Gasteiger partial charge in [-0.15, -0.1) is 0 Å². The zero-order valence-corrected chi connectivity index (χ0v) is 10.8. The van der Waals surface area contributed by atoms with Crippen molar-refractivity contribution < 1.29 is 18.6 Å². The van der Waals surface area contributed by atoms with E-state index in [0.29, 0.717) is 17.7 Å². The number of nitrogens with one attached hydrogen (secondary N) is 1. The van der Waals surface area contributed by atoms with E-state index >= 15 is 0 Å². The fraction of sp³-hybridized carbons (Fsp3) is 0.538. The van der Waals surface area contributed by atoms with Crippen LogP contribution in [0.2, 0.25) is 0 Å². The minimum absolute atomic E-state index is 0.00241. The largest absolute Gasteiger partial charge is 0.434 e. The Morgan fingerprint density at radius 3 is 2.28 bits per heavy atom. The van der Waals surface area contributed by atoms with Crippen molar-refractivity contribution in [3.63, 3.8) is 0 Å². The standard InChI is InChI=1S/C13H19F2NO2/c1-8-4-11(6-16-10(3)7-17)5-9(2)12(8)18-13(14)15/h4-5,10,13,16-17H,6-7H2,1-3H3/t10-/m1/s1. The predicted octanol–water partition coefficient (Wildman–Crippen LogP) is 2.38. The summed E-state index contributed by atoms with van der Waals surface area (Å²) in [7, 11) is 0. The molecule has 0 amide bonds. The van der Waals surface area contributed by atoms with Crippen LogP contribution in [0.4, 0.5) is 8.78 Å². The van der Waals surface area contributed by atoms with Crippen LogP contribution >= 0.6 is 0 Å². The van der Waals surface area contributed by atoms with Gasteiger partial charge in [0.1, 0.15) is 5.75 Å². The Kier molecular flexibility index (Phi) is 5.50. The van der Waals surface area contributed by atoms with Gasteiger partial charge in [0, 0.05) is 12.6 Å². The van der Waals surface area contributed by atoms with Crippen LogP contribution in [0, 0.1) is 13.8 Å². The van der Waals surface area contributed by atoms with Crippen molar-refractivity contribution in [2.75, 3.05) is 6.61 Å². The summed E-state index contributed by atoms with van der Waals surface area (Å²) >= 11 is 0. The third-order valence-corrected chi connectivity index (χ3v) is 2.66. The van der Waals surface area contributed by atoms with Crippen molar-refractivity contribution in [3.8, 4) is 5.75 Å². The molecule has 1 rings (SSSR count). The molecule has 0 heterocycles. The molecule has 0 unspecified atom stereocenters. The normalized spacial score (nSPS) is 12.8. The topological polar surface area (TPSA) is 41.5 Å². The van der Waals surface area contributed by atoms with Gasteiger partial charge in [0.15, 0.2) is 0 Å². The van der Waals surface area contributed by atoms with Gasteiger partial charge >= 0.3 is 6.61 Å². The molecule has 102 valence electrons. The quantitative estimate of drug-likeness (QED) is 0.824. The highest BCUT2D eigenvalue weighted by Gasteiger charge is 2.11. The van der Waals surface area contributed by atoms with Crippen LogP contribution in [-0.2, 0) is 6.54 Å². The number of hydrogen-bond donors (Lipinski definition) is 2. The Morgan fingerprint density at radius 1 is 1.28 bits per heavy atom. The summed E-state index contributed by atoms with van der Waals surface area (Å²) in [4.78, 5) is 0. The van der Waals surface area contributed by atoms with Gasteiger partial charge < -0.3 is 15.2 Å². The molecule has 0 saturated carbocycles. The van der Waals surface area contributed by atoms with Gasteiger partial charge in [0.2, 0.25) is 0 Å². The molecule has 18 heavy (non-hydrogen) atoms. The van der Waals surface area contributed by atoms with Crippen LogP contribution in [-0.4, -0.2) is 24.4 Å². The van der Waals surface area contributed by atoms with E-state index in [1.54, 1.807) is 13.8 Å². The first kappa shape index (κ1) is 14.9. The molecule has 3 nitrogen and oxygen atoms in total. The van der Waals surface area contributed by atoms with Crippen molar-refractivity contribution >= 4 is 0 Å². The molecule has 0 aliphatic carbocycles. The highest BCUT2D eigenvalue weighted by Crippen LogP contribution is 2.26. The first-order chi connectivity index (χ1) is 8.43.